The summed E-state index contributed by atoms with van der Waals surface area (Å²) in [7, 11) is -3.66. The Bertz CT molecular complexity index is 785. The Labute approximate surface area is 143 Å². The van der Waals surface area contributed by atoms with E-state index in [-0.39, 0.29) is 22.8 Å². The summed E-state index contributed by atoms with van der Waals surface area (Å²) in [5, 5.41) is 2.61. The van der Waals surface area contributed by atoms with Gasteiger partial charge in [0, 0.05) is 18.7 Å². The van der Waals surface area contributed by atoms with Gasteiger partial charge in [0.1, 0.15) is 0 Å². The van der Waals surface area contributed by atoms with Gasteiger partial charge in [-0.2, -0.15) is 0 Å². The van der Waals surface area contributed by atoms with Gasteiger partial charge in [0.2, 0.25) is 15.9 Å². The quantitative estimate of drug-likeness (QED) is 0.842. The van der Waals surface area contributed by atoms with Crippen LogP contribution in [-0.4, -0.2) is 14.3 Å². The molecule has 2 N–H and O–H groups in total. The second-order valence-electron chi connectivity index (χ2n) is 5.96. The zero-order chi connectivity index (χ0) is 17.7. The van der Waals surface area contributed by atoms with Gasteiger partial charge in [-0.25, -0.2) is 13.1 Å². The molecule has 1 amide bonds. The first-order valence-corrected chi connectivity index (χ1v) is 9.23. The van der Waals surface area contributed by atoms with Crippen LogP contribution >= 0.6 is 0 Å². The average molecular weight is 346 g/mol. The monoisotopic (exact) mass is 346 g/mol. The molecule has 0 bridgehead atoms. The van der Waals surface area contributed by atoms with Crippen molar-refractivity contribution in [1.82, 2.24) is 4.72 Å². The predicted molar refractivity (Wildman–Crippen MR) is 95.1 cm³/mol. The molecule has 0 aliphatic carbocycles. The summed E-state index contributed by atoms with van der Waals surface area (Å²) in [6, 6.07) is 15.3. The Kier molecular flexibility index (Phi) is 5.75. The van der Waals surface area contributed by atoms with Gasteiger partial charge in [-0.3, -0.25) is 4.79 Å². The lowest BCUT2D eigenvalue weighted by molar-refractivity contribution is -0.114. The smallest absolute Gasteiger partial charge is 0.241 e. The highest BCUT2D eigenvalue weighted by Crippen LogP contribution is 2.24. The molecule has 6 heteroatoms. The van der Waals surface area contributed by atoms with Crippen molar-refractivity contribution in [2.24, 2.45) is 5.92 Å². The fraction of sp³-hybridized carbons (Fsp3) is 0.278. The number of rotatable bonds is 6. The molecular formula is C18H22N2O3S. The molecule has 0 saturated heterocycles. The summed E-state index contributed by atoms with van der Waals surface area (Å²) < 4.78 is 28.1. The fourth-order valence-corrected chi connectivity index (χ4v) is 3.78. The topological polar surface area (TPSA) is 75.3 Å². The highest BCUT2D eigenvalue weighted by molar-refractivity contribution is 7.89. The Balaban J connectivity index is 2.24. The molecule has 0 radical (unpaired) electrons. The number of hydrogen-bond donors (Lipinski definition) is 2. The number of hydrogen-bond acceptors (Lipinski definition) is 3. The van der Waals surface area contributed by atoms with Crippen molar-refractivity contribution < 1.29 is 13.2 Å². The van der Waals surface area contributed by atoms with E-state index < -0.39 is 10.0 Å². The van der Waals surface area contributed by atoms with E-state index >= 15 is 0 Å². The maximum atomic E-state index is 12.7. The minimum Gasteiger partial charge on any atom is -0.326 e. The highest BCUT2D eigenvalue weighted by atomic mass is 32.2. The first-order valence-electron chi connectivity index (χ1n) is 7.74. The van der Waals surface area contributed by atoms with E-state index in [1.54, 1.807) is 12.1 Å². The van der Waals surface area contributed by atoms with Gasteiger partial charge in [-0.1, -0.05) is 44.2 Å². The molecule has 1 atom stereocenters. The van der Waals surface area contributed by atoms with Gasteiger partial charge in [0.05, 0.1) is 4.90 Å². The van der Waals surface area contributed by atoms with E-state index in [1.165, 1.54) is 19.1 Å². The minimum atomic E-state index is -3.66. The van der Waals surface area contributed by atoms with Crippen LogP contribution in [0.3, 0.4) is 0 Å². The number of nitrogens with one attached hydrogen (secondary N) is 2. The average Bonchev–Trinajstić information content (AvgIpc) is 2.53. The van der Waals surface area contributed by atoms with E-state index in [0.717, 1.165) is 5.56 Å². The molecule has 0 spiro atoms. The first-order chi connectivity index (χ1) is 11.3. The molecule has 0 aromatic heterocycles. The molecule has 0 unspecified atom stereocenters. The third kappa shape index (κ3) is 4.66. The van der Waals surface area contributed by atoms with E-state index in [9.17, 15) is 13.2 Å². The lowest BCUT2D eigenvalue weighted by atomic mass is 9.97. The Hall–Kier alpha value is -2.18. The second kappa shape index (κ2) is 7.59. The summed E-state index contributed by atoms with van der Waals surface area (Å²) >= 11 is 0. The van der Waals surface area contributed by atoms with Crippen LogP contribution in [0.5, 0.6) is 0 Å². The number of amides is 1. The van der Waals surface area contributed by atoms with Crippen molar-refractivity contribution in [3.8, 4) is 0 Å². The molecule has 5 nitrogen and oxygen atoms in total. The van der Waals surface area contributed by atoms with Crippen LogP contribution in [0, 0.1) is 5.92 Å². The van der Waals surface area contributed by atoms with Crippen LogP contribution in [0.25, 0.3) is 0 Å². The number of carbonyl (C=O) groups excluding carboxylic acids is 1. The first kappa shape index (κ1) is 18.2. The van der Waals surface area contributed by atoms with Crippen LogP contribution in [0.15, 0.2) is 59.5 Å². The molecule has 0 fully saturated rings. The molecule has 128 valence electrons. The third-order valence-corrected chi connectivity index (χ3v) is 5.05. The lowest BCUT2D eigenvalue weighted by Gasteiger charge is -2.23. The molecule has 0 aliphatic heterocycles. The van der Waals surface area contributed by atoms with Gasteiger partial charge < -0.3 is 5.32 Å². The normalized spacial score (nSPS) is 12.8. The summed E-state index contributed by atoms with van der Waals surface area (Å²) in [5.74, 6) is -0.103. The molecule has 2 aromatic carbocycles. The molecule has 24 heavy (non-hydrogen) atoms. The number of anilines is 1. The zero-order valence-corrected chi connectivity index (χ0v) is 14.8. The van der Waals surface area contributed by atoms with Gasteiger partial charge in [-0.15, -0.1) is 0 Å². The second-order valence-corrected chi connectivity index (χ2v) is 7.67. The van der Waals surface area contributed by atoms with Crippen molar-refractivity contribution >= 4 is 21.6 Å². The van der Waals surface area contributed by atoms with Crippen LogP contribution in [0.1, 0.15) is 32.4 Å². The van der Waals surface area contributed by atoms with Crippen LogP contribution < -0.4 is 10.0 Å². The van der Waals surface area contributed by atoms with Gasteiger partial charge >= 0.3 is 0 Å². The molecule has 2 rings (SSSR count). The third-order valence-electron chi connectivity index (χ3n) is 3.59. The van der Waals surface area contributed by atoms with Gasteiger partial charge in [0.25, 0.3) is 0 Å². The number of carbonyl (C=O) groups is 1. The highest BCUT2D eigenvalue weighted by Gasteiger charge is 2.23. The van der Waals surface area contributed by atoms with Crippen molar-refractivity contribution in [3.63, 3.8) is 0 Å². The summed E-state index contributed by atoms with van der Waals surface area (Å²) in [5.41, 5.74) is 1.48. The molecule has 0 aliphatic rings. The molecule has 0 heterocycles. The Morgan fingerprint density at radius 2 is 1.54 bits per heavy atom. The summed E-state index contributed by atoms with van der Waals surface area (Å²) in [4.78, 5) is 11.2. The zero-order valence-electron chi connectivity index (χ0n) is 14.0. The van der Waals surface area contributed by atoms with E-state index in [2.05, 4.69) is 10.0 Å². The number of benzene rings is 2. The fourth-order valence-electron chi connectivity index (χ4n) is 2.41. The maximum Gasteiger partial charge on any atom is 0.241 e. The van der Waals surface area contributed by atoms with E-state index in [1.807, 2.05) is 44.2 Å². The van der Waals surface area contributed by atoms with Crippen molar-refractivity contribution in [2.45, 2.75) is 31.7 Å². The SMILES string of the molecule is CC(=O)Nc1ccc(S(=O)(=O)N[C@H](c2ccccc2)C(C)C)cc1. The summed E-state index contributed by atoms with van der Waals surface area (Å²) in [6.07, 6.45) is 0. The Morgan fingerprint density at radius 1 is 0.958 bits per heavy atom. The Morgan fingerprint density at radius 3 is 2.04 bits per heavy atom. The molecule has 2 aromatic rings. The van der Waals surface area contributed by atoms with Crippen LogP contribution in [0.4, 0.5) is 5.69 Å². The summed E-state index contributed by atoms with van der Waals surface area (Å²) in [6.45, 7) is 5.35. The number of sulfonamides is 1. The van der Waals surface area contributed by atoms with Crippen LogP contribution in [-0.2, 0) is 14.8 Å². The predicted octanol–water partition coefficient (Wildman–Crippen LogP) is 3.32. The van der Waals surface area contributed by atoms with Crippen molar-refractivity contribution in [2.75, 3.05) is 5.32 Å². The molecule has 0 saturated carbocycles. The largest absolute Gasteiger partial charge is 0.326 e. The van der Waals surface area contributed by atoms with Crippen molar-refractivity contribution in [3.05, 3.63) is 60.2 Å². The minimum absolute atomic E-state index is 0.0980. The van der Waals surface area contributed by atoms with Crippen molar-refractivity contribution in [1.29, 1.82) is 0 Å². The van der Waals surface area contributed by atoms with Gasteiger partial charge in [-0.05, 0) is 35.7 Å². The van der Waals surface area contributed by atoms with E-state index in [0.29, 0.717) is 5.69 Å². The molecular weight excluding hydrogens is 324 g/mol. The van der Waals surface area contributed by atoms with Crippen LogP contribution in [0.2, 0.25) is 0 Å². The van der Waals surface area contributed by atoms with E-state index in [4.69, 9.17) is 0 Å². The van der Waals surface area contributed by atoms with Gasteiger partial charge in [0.15, 0.2) is 0 Å². The maximum absolute atomic E-state index is 12.7. The standard InChI is InChI=1S/C18H22N2O3S/c1-13(2)18(15-7-5-4-6-8-15)20-24(22,23)17-11-9-16(10-12-17)19-14(3)21/h4-13,18,20H,1-3H3,(H,19,21)/t18-/m0/s1. The lowest BCUT2D eigenvalue weighted by Crippen LogP contribution is -2.31.